The van der Waals surface area contributed by atoms with Gasteiger partial charge in [-0.15, -0.1) is 0 Å². The number of hydrogen-bond acceptors (Lipinski definition) is 4. The quantitative estimate of drug-likeness (QED) is 0.918. The van der Waals surface area contributed by atoms with Crippen LogP contribution < -0.4 is 14.8 Å². The Bertz CT molecular complexity index is 686. The van der Waals surface area contributed by atoms with Gasteiger partial charge in [0, 0.05) is 31.3 Å². The van der Waals surface area contributed by atoms with Crippen molar-refractivity contribution in [1.29, 1.82) is 0 Å². The SMILES string of the molecule is COc1ccc(OC)c(CNC(=O)c2cn3c(n2)CCCC3)c1. The molecule has 2 aromatic rings. The number of aromatic nitrogens is 2. The van der Waals surface area contributed by atoms with E-state index in [1.54, 1.807) is 14.2 Å². The largest absolute Gasteiger partial charge is 0.497 e. The molecule has 0 aliphatic carbocycles. The van der Waals surface area contributed by atoms with Crippen molar-refractivity contribution in [1.82, 2.24) is 14.9 Å². The number of nitrogens with one attached hydrogen (secondary N) is 1. The maximum atomic E-state index is 12.3. The molecule has 6 heteroatoms. The summed E-state index contributed by atoms with van der Waals surface area (Å²) >= 11 is 0. The maximum absolute atomic E-state index is 12.3. The molecule has 0 saturated carbocycles. The highest BCUT2D eigenvalue weighted by Gasteiger charge is 2.17. The number of amides is 1. The number of rotatable bonds is 5. The summed E-state index contributed by atoms with van der Waals surface area (Å²) in [6.07, 6.45) is 5.06. The topological polar surface area (TPSA) is 65.4 Å². The van der Waals surface area contributed by atoms with Gasteiger partial charge in [0.05, 0.1) is 14.2 Å². The number of benzene rings is 1. The number of aryl methyl sites for hydroxylation is 2. The third-order valence-corrected chi connectivity index (χ3v) is 4.07. The summed E-state index contributed by atoms with van der Waals surface area (Å²) in [5.74, 6) is 2.28. The fourth-order valence-electron chi connectivity index (χ4n) is 2.81. The molecule has 1 aromatic carbocycles. The zero-order chi connectivity index (χ0) is 16.2. The number of carbonyl (C=O) groups is 1. The van der Waals surface area contributed by atoms with Gasteiger partial charge in [-0.2, -0.15) is 0 Å². The Hall–Kier alpha value is -2.50. The first-order valence-corrected chi connectivity index (χ1v) is 7.76. The molecule has 6 nitrogen and oxygen atoms in total. The predicted octanol–water partition coefficient (Wildman–Crippen LogP) is 2.17. The van der Waals surface area contributed by atoms with Crippen molar-refractivity contribution in [2.45, 2.75) is 32.4 Å². The molecule has 0 unspecified atom stereocenters. The van der Waals surface area contributed by atoms with Crippen LogP contribution in [0.25, 0.3) is 0 Å². The number of hydrogen-bond donors (Lipinski definition) is 1. The third-order valence-electron chi connectivity index (χ3n) is 4.07. The van der Waals surface area contributed by atoms with Crippen LogP contribution in [-0.2, 0) is 19.5 Å². The Balaban J connectivity index is 1.70. The molecule has 1 amide bonds. The van der Waals surface area contributed by atoms with E-state index in [1.807, 2.05) is 24.4 Å². The average Bonchev–Trinajstić information content (AvgIpc) is 3.03. The van der Waals surface area contributed by atoms with Crippen LogP contribution in [-0.4, -0.2) is 29.7 Å². The van der Waals surface area contributed by atoms with Gasteiger partial charge in [0.1, 0.15) is 23.0 Å². The van der Waals surface area contributed by atoms with Crippen LogP contribution in [0.3, 0.4) is 0 Å². The van der Waals surface area contributed by atoms with E-state index < -0.39 is 0 Å². The molecule has 0 radical (unpaired) electrons. The molecular weight excluding hydrogens is 294 g/mol. The summed E-state index contributed by atoms with van der Waals surface area (Å²) in [4.78, 5) is 16.8. The molecular formula is C17H21N3O3. The van der Waals surface area contributed by atoms with E-state index in [0.717, 1.165) is 48.7 Å². The second-order valence-electron chi connectivity index (χ2n) is 5.55. The van der Waals surface area contributed by atoms with Gasteiger partial charge in [0.25, 0.3) is 5.91 Å². The zero-order valence-electron chi connectivity index (χ0n) is 13.5. The first-order chi connectivity index (χ1) is 11.2. The van der Waals surface area contributed by atoms with Crippen molar-refractivity contribution in [2.75, 3.05) is 14.2 Å². The number of ether oxygens (including phenoxy) is 2. The lowest BCUT2D eigenvalue weighted by Gasteiger charge is -2.11. The van der Waals surface area contributed by atoms with Crippen LogP contribution in [0.2, 0.25) is 0 Å². The summed E-state index contributed by atoms with van der Waals surface area (Å²) in [6, 6.07) is 5.51. The van der Waals surface area contributed by atoms with Gasteiger partial charge in [0.15, 0.2) is 0 Å². The van der Waals surface area contributed by atoms with Gasteiger partial charge in [0.2, 0.25) is 0 Å². The summed E-state index contributed by atoms with van der Waals surface area (Å²) in [6.45, 7) is 1.31. The van der Waals surface area contributed by atoms with E-state index in [4.69, 9.17) is 9.47 Å². The molecule has 0 bridgehead atoms. The third kappa shape index (κ3) is 3.31. The Morgan fingerprint density at radius 2 is 2.17 bits per heavy atom. The van der Waals surface area contributed by atoms with Crippen LogP contribution in [0.15, 0.2) is 24.4 Å². The smallest absolute Gasteiger partial charge is 0.271 e. The van der Waals surface area contributed by atoms with Crippen LogP contribution in [0.5, 0.6) is 11.5 Å². The van der Waals surface area contributed by atoms with Crippen molar-refractivity contribution in [3.05, 3.63) is 41.5 Å². The van der Waals surface area contributed by atoms with Crippen LogP contribution >= 0.6 is 0 Å². The zero-order valence-corrected chi connectivity index (χ0v) is 13.5. The van der Waals surface area contributed by atoms with Crippen molar-refractivity contribution in [3.63, 3.8) is 0 Å². The van der Waals surface area contributed by atoms with E-state index in [2.05, 4.69) is 14.9 Å². The Morgan fingerprint density at radius 3 is 2.91 bits per heavy atom. The van der Waals surface area contributed by atoms with Gasteiger partial charge < -0.3 is 19.4 Å². The minimum absolute atomic E-state index is 0.170. The number of imidazole rings is 1. The summed E-state index contributed by atoms with van der Waals surface area (Å²) in [5.41, 5.74) is 1.34. The van der Waals surface area contributed by atoms with Crippen molar-refractivity contribution >= 4 is 5.91 Å². The van der Waals surface area contributed by atoms with E-state index >= 15 is 0 Å². The van der Waals surface area contributed by atoms with E-state index in [1.165, 1.54) is 0 Å². The Kier molecular flexibility index (Phi) is 4.50. The second-order valence-corrected chi connectivity index (χ2v) is 5.55. The molecule has 0 atom stereocenters. The van der Waals surface area contributed by atoms with Crippen molar-refractivity contribution < 1.29 is 14.3 Å². The van der Waals surface area contributed by atoms with Crippen molar-refractivity contribution in [3.8, 4) is 11.5 Å². The maximum Gasteiger partial charge on any atom is 0.271 e. The fraction of sp³-hybridized carbons (Fsp3) is 0.412. The molecule has 1 aliphatic rings. The molecule has 23 heavy (non-hydrogen) atoms. The molecule has 0 fully saturated rings. The number of methoxy groups -OCH3 is 2. The molecule has 0 spiro atoms. The highest BCUT2D eigenvalue weighted by Crippen LogP contribution is 2.24. The van der Waals surface area contributed by atoms with Gasteiger partial charge in [-0.1, -0.05) is 0 Å². The first kappa shape index (κ1) is 15.4. The highest BCUT2D eigenvalue weighted by atomic mass is 16.5. The lowest BCUT2D eigenvalue weighted by molar-refractivity contribution is 0.0946. The predicted molar refractivity (Wildman–Crippen MR) is 85.9 cm³/mol. The Labute approximate surface area is 135 Å². The van der Waals surface area contributed by atoms with E-state index in [9.17, 15) is 4.79 Å². The lowest BCUT2D eigenvalue weighted by atomic mass is 10.2. The van der Waals surface area contributed by atoms with Gasteiger partial charge in [-0.3, -0.25) is 4.79 Å². The van der Waals surface area contributed by atoms with Crippen LogP contribution in [0.4, 0.5) is 0 Å². The number of nitrogens with zero attached hydrogens (tertiary/aromatic N) is 2. The molecule has 3 rings (SSSR count). The summed E-state index contributed by atoms with van der Waals surface area (Å²) in [7, 11) is 3.22. The monoisotopic (exact) mass is 315 g/mol. The summed E-state index contributed by atoms with van der Waals surface area (Å²) < 4.78 is 12.6. The van der Waals surface area contributed by atoms with Gasteiger partial charge in [-0.25, -0.2) is 4.98 Å². The first-order valence-electron chi connectivity index (χ1n) is 7.76. The molecule has 122 valence electrons. The lowest BCUT2D eigenvalue weighted by Crippen LogP contribution is -2.23. The number of carbonyl (C=O) groups excluding carboxylic acids is 1. The van der Waals surface area contributed by atoms with Gasteiger partial charge >= 0.3 is 0 Å². The fourth-order valence-corrected chi connectivity index (χ4v) is 2.81. The molecule has 1 N–H and O–H groups in total. The average molecular weight is 315 g/mol. The van der Waals surface area contributed by atoms with Crippen LogP contribution in [0.1, 0.15) is 34.7 Å². The van der Waals surface area contributed by atoms with Gasteiger partial charge in [-0.05, 0) is 31.0 Å². The summed E-state index contributed by atoms with van der Waals surface area (Å²) in [5, 5.41) is 2.90. The second kappa shape index (κ2) is 6.73. The number of fused-ring (bicyclic) bond motifs is 1. The normalized spacial score (nSPS) is 13.3. The van der Waals surface area contributed by atoms with E-state index in [0.29, 0.717) is 12.2 Å². The highest BCUT2D eigenvalue weighted by molar-refractivity contribution is 5.92. The van der Waals surface area contributed by atoms with Crippen molar-refractivity contribution in [2.24, 2.45) is 0 Å². The minimum Gasteiger partial charge on any atom is -0.497 e. The molecule has 2 heterocycles. The molecule has 1 aliphatic heterocycles. The Morgan fingerprint density at radius 1 is 1.30 bits per heavy atom. The minimum atomic E-state index is -0.170. The van der Waals surface area contributed by atoms with Crippen LogP contribution in [0, 0.1) is 0 Å². The van der Waals surface area contributed by atoms with E-state index in [-0.39, 0.29) is 5.91 Å². The molecule has 1 aromatic heterocycles. The molecule has 0 saturated heterocycles. The standard InChI is InChI=1S/C17H21N3O3/c1-22-13-6-7-15(23-2)12(9-13)10-18-17(21)14-11-20-8-4-3-5-16(20)19-14/h6-7,9,11H,3-5,8,10H2,1-2H3,(H,18,21).